The zero-order chi connectivity index (χ0) is 14.1. The maximum absolute atomic E-state index is 13.1. The highest BCUT2D eigenvalue weighted by atomic mass is 19.1. The first-order valence-electron chi connectivity index (χ1n) is 6.12. The van der Waals surface area contributed by atoms with E-state index >= 15 is 0 Å². The summed E-state index contributed by atoms with van der Waals surface area (Å²) in [6.07, 6.45) is 3.19. The summed E-state index contributed by atoms with van der Waals surface area (Å²) in [5.74, 6) is 0.323. The molecule has 1 heterocycles. The van der Waals surface area contributed by atoms with E-state index in [1.807, 2.05) is 6.07 Å². The third-order valence-electron chi connectivity index (χ3n) is 3.23. The van der Waals surface area contributed by atoms with Crippen molar-refractivity contribution in [1.82, 2.24) is 9.97 Å². The summed E-state index contributed by atoms with van der Waals surface area (Å²) in [4.78, 5) is 17.7. The lowest BCUT2D eigenvalue weighted by Gasteiger charge is -2.03. The molecule has 1 saturated carbocycles. The highest BCUT2D eigenvalue weighted by Gasteiger charge is 2.39. The van der Waals surface area contributed by atoms with Gasteiger partial charge in [-0.15, -0.1) is 0 Å². The van der Waals surface area contributed by atoms with Crippen LogP contribution in [0.25, 0.3) is 0 Å². The first-order chi connectivity index (χ1) is 9.63. The van der Waals surface area contributed by atoms with Crippen LogP contribution < -0.4 is 5.32 Å². The van der Waals surface area contributed by atoms with E-state index in [1.54, 1.807) is 6.07 Å². The fourth-order valence-electron chi connectivity index (χ4n) is 2.12. The molecule has 7 heteroatoms. The maximum atomic E-state index is 13.1. The van der Waals surface area contributed by atoms with Gasteiger partial charge in [-0.2, -0.15) is 0 Å². The average Bonchev–Trinajstić information content (AvgIpc) is 3.18. The maximum Gasteiger partial charge on any atom is 0.305 e. The van der Waals surface area contributed by atoms with E-state index in [2.05, 4.69) is 15.3 Å². The number of hydrogen-bond acceptors (Lipinski definition) is 5. The molecular weight excluding hydrogens is 263 g/mol. The number of anilines is 1. The van der Waals surface area contributed by atoms with Gasteiger partial charge in [0.15, 0.2) is 0 Å². The van der Waals surface area contributed by atoms with Crippen LogP contribution in [0.5, 0.6) is 0 Å². The van der Waals surface area contributed by atoms with E-state index in [0.29, 0.717) is 5.95 Å². The molecule has 1 N–H and O–H groups in total. The zero-order valence-electron chi connectivity index (χ0n) is 10.4. The van der Waals surface area contributed by atoms with Gasteiger partial charge in [0.05, 0.1) is 4.92 Å². The Hall–Kier alpha value is -2.57. The standard InChI is InChI=1S/C13H11FN4O2/c14-9-3-1-2-8(4-9)11-5-12(11)17-13-15-6-10(7-16-13)18(19)20/h1-4,6-7,11-12H,5H2,(H,15,16,17)/t11-,12+/m0/s1. The topological polar surface area (TPSA) is 81.0 Å². The molecule has 0 saturated heterocycles. The van der Waals surface area contributed by atoms with Crippen LogP contribution in [0.15, 0.2) is 36.7 Å². The van der Waals surface area contributed by atoms with Gasteiger partial charge < -0.3 is 5.32 Å². The van der Waals surface area contributed by atoms with Gasteiger partial charge in [0.2, 0.25) is 5.95 Å². The van der Waals surface area contributed by atoms with Crippen LogP contribution in [0.3, 0.4) is 0 Å². The number of hydrogen-bond donors (Lipinski definition) is 1. The van der Waals surface area contributed by atoms with E-state index in [9.17, 15) is 14.5 Å². The normalized spacial score (nSPS) is 20.4. The Bertz CT molecular complexity index is 647. The van der Waals surface area contributed by atoms with Crippen molar-refractivity contribution >= 4 is 11.6 Å². The molecule has 0 bridgehead atoms. The van der Waals surface area contributed by atoms with Crippen molar-refractivity contribution in [1.29, 1.82) is 0 Å². The molecule has 1 fully saturated rings. The van der Waals surface area contributed by atoms with E-state index in [0.717, 1.165) is 24.4 Å². The molecule has 0 radical (unpaired) electrons. The molecular formula is C13H11FN4O2. The molecule has 3 rings (SSSR count). The third-order valence-corrected chi connectivity index (χ3v) is 3.23. The number of benzene rings is 1. The molecule has 6 nitrogen and oxygen atoms in total. The van der Waals surface area contributed by atoms with Crippen molar-refractivity contribution in [3.8, 4) is 0 Å². The van der Waals surface area contributed by atoms with Crippen LogP contribution >= 0.6 is 0 Å². The minimum absolute atomic E-state index is 0.137. The molecule has 2 aromatic rings. The second-order valence-electron chi connectivity index (χ2n) is 4.67. The lowest BCUT2D eigenvalue weighted by Crippen LogP contribution is -2.07. The third kappa shape index (κ3) is 2.56. The number of nitrogens with one attached hydrogen (secondary N) is 1. The van der Waals surface area contributed by atoms with Gasteiger partial charge >= 0.3 is 5.69 Å². The molecule has 20 heavy (non-hydrogen) atoms. The zero-order valence-corrected chi connectivity index (χ0v) is 10.4. The van der Waals surface area contributed by atoms with Gasteiger partial charge in [0.25, 0.3) is 0 Å². The summed E-state index contributed by atoms with van der Waals surface area (Å²) < 4.78 is 13.1. The van der Waals surface area contributed by atoms with Crippen molar-refractivity contribution in [2.24, 2.45) is 0 Å². The molecule has 1 aromatic carbocycles. The van der Waals surface area contributed by atoms with E-state index in [4.69, 9.17) is 0 Å². The lowest BCUT2D eigenvalue weighted by atomic mass is 10.1. The minimum atomic E-state index is -0.545. The Morgan fingerprint density at radius 3 is 2.75 bits per heavy atom. The van der Waals surface area contributed by atoms with E-state index < -0.39 is 4.92 Å². The SMILES string of the molecule is O=[N+]([O-])c1cnc(N[C@@H]2C[C@H]2c2cccc(F)c2)nc1. The minimum Gasteiger partial charge on any atom is -0.351 e. The van der Waals surface area contributed by atoms with Crippen LogP contribution in [0.1, 0.15) is 17.9 Å². The van der Waals surface area contributed by atoms with Crippen molar-refractivity contribution < 1.29 is 9.31 Å². The summed E-state index contributed by atoms with van der Waals surface area (Å²) in [6, 6.07) is 6.63. The largest absolute Gasteiger partial charge is 0.351 e. The second kappa shape index (κ2) is 4.84. The van der Waals surface area contributed by atoms with Crippen molar-refractivity contribution in [2.45, 2.75) is 18.4 Å². The average molecular weight is 274 g/mol. The van der Waals surface area contributed by atoms with Crippen molar-refractivity contribution in [3.05, 3.63) is 58.2 Å². The van der Waals surface area contributed by atoms with Crippen LogP contribution in [0.4, 0.5) is 16.0 Å². The van der Waals surface area contributed by atoms with Gasteiger partial charge in [0, 0.05) is 12.0 Å². The Kier molecular flexibility index (Phi) is 3.02. The Labute approximate surface area is 113 Å². The van der Waals surface area contributed by atoms with Gasteiger partial charge in [-0.05, 0) is 24.1 Å². The highest BCUT2D eigenvalue weighted by Crippen LogP contribution is 2.42. The van der Waals surface area contributed by atoms with E-state index in [1.165, 1.54) is 12.1 Å². The number of rotatable bonds is 4. The molecule has 2 atom stereocenters. The molecule has 0 amide bonds. The number of nitro groups is 1. The van der Waals surface area contributed by atoms with Crippen LogP contribution in [-0.4, -0.2) is 20.9 Å². The number of aromatic nitrogens is 2. The van der Waals surface area contributed by atoms with Crippen molar-refractivity contribution in [2.75, 3.05) is 5.32 Å². The first kappa shape index (κ1) is 12.5. The van der Waals surface area contributed by atoms with Crippen LogP contribution in [0, 0.1) is 15.9 Å². The first-order valence-corrected chi connectivity index (χ1v) is 6.12. The highest BCUT2D eigenvalue weighted by molar-refractivity contribution is 5.38. The number of nitrogens with zero attached hydrogens (tertiary/aromatic N) is 3. The molecule has 102 valence electrons. The van der Waals surface area contributed by atoms with Gasteiger partial charge in [-0.1, -0.05) is 12.1 Å². The summed E-state index contributed by atoms with van der Waals surface area (Å²) in [5, 5.41) is 13.6. The van der Waals surface area contributed by atoms with Crippen molar-refractivity contribution in [3.63, 3.8) is 0 Å². The molecule has 1 aliphatic carbocycles. The predicted molar refractivity (Wildman–Crippen MR) is 69.9 cm³/mol. The van der Waals surface area contributed by atoms with Gasteiger partial charge in [-0.25, -0.2) is 14.4 Å². The molecule has 0 aliphatic heterocycles. The molecule has 0 spiro atoms. The van der Waals surface area contributed by atoms with Crippen LogP contribution in [0.2, 0.25) is 0 Å². The summed E-state index contributed by atoms with van der Waals surface area (Å²) in [5.41, 5.74) is 0.789. The second-order valence-corrected chi connectivity index (χ2v) is 4.67. The fraction of sp³-hybridized carbons (Fsp3) is 0.231. The monoisotopic (exact) mass is 274 g/mol. The predicted octanol–water partition coefficient (Wildman–Crippen LogP) is 2.49. The van der Waals surface area contributed by atoms with E-state index in [-0.39, 0.29) is 23.5 Å². The lowest BCUT2D eigenvalue weighted by molar-refractivity contribution is -0.385. The smallest absolute Gasteiger partial charge is 0.305 e. The summed E-state index contributed by atoms with van der Waals surface area (Å²) >= 11 is 0. The Balaban J connectivity index is 1.64. The Morgan fingerprint density at radius 2 is 2.10 bits per heavy atom. The van der Waals surface area contributed by atoms with Crippen LogP contribution in [-0.2, 0) is 0 Å². The molecule has 1 aliphatic rings. The summed E-state index contributed by atoms with van der Waals surface area (Å²) in [6.45, 7) is 0. The fourth-order valence-corrected chi connectivity index (χ4v) is 2.12. The van der Waals surface area contributed by atoms with Gasteiger partial charge in [0.1, 0.15) is 18.2 Å². The summed E-state index contributed by atoms with van der Waals surface area (Å²) in [7, 11) is 0. The number of halogens is 1. The van der Waals surface area contributed by atoms with Gasteiger partial charge in [-0.3, -0.25) is 10.1 Å². The quantitative estimate of drug-likeness (QED) is 0.684. The Morgan fingerprint density at radius 1 is 1.35 bits per heavy atom. The molecule has 1 aromatic heterocycles. The molecule has 0 unspecified atom stereocenters.